The molecule has 1 aromatic heterocycles. The Balaban J connectivity index is 2.48. The molecule has 0 unspecified atom stereocenters. The van der Waals surface area contributed by atoms with Gasteiger partial charge in [-0.25, -0.2) is 4.98 Å². The van der Waals surface area contributed by atoms with Crippen molar-refractivity contribution >= 4 is 28.3 Å². The number of carbonyl (C=O) groups excluding carboxylic acids is 1. The van der Waals surface area contributed by atoms with Crippen molar-refractivity contribution in [3.63, 3.8) is 0 Å². The zero-order valence-electron chi connectivity index (χ0n) is 18.2. The molecular formula is C21H19F6N3O4S. The molecule has 1 amide bonds. The van der Waals surface area contributed by atoms with E-state index in [4.69, 9.17) is 5.26 Å². The quantitative estimate of drug-likeness (QED) is 0.483. The van der Waals surface area contributed by atoms with Crippen LogP contribution < -0.4 is 4.90 Å². The summed E-state index contributed by atoms with van der Waals surface area (Å²) in [7, 11) is 0. The van der Waals surface area contributed by atoms with Gasteiger partial charge in [0, 0.05) is 12.6 Å². The van der Waals surface area contributed by atoms with Gasteiger partial charge in [-0.15, -0.1) is 0 Å². The molecule has 0 radical (unpaired) electrons. The Morgan fingerprint density at radius 2 is 1.63 bits per heavy atom. The first-order chi connectivity index (χ1) is 15.9. The molecule has 14 heteroatoms. The van der Waals surface area contributed by atoms with E-state index in [0.717, 1.165) is 4.90 Å². The van der Waals surface area contributed by atoms with Crippen LogP contribution in [0.2, 0.25) is 0 Å². The zero-order valence-corrected chi connectivity index (χ0v) is 19.1. The van der Waals surface area contributed by atoms with Crippen molar-refractivity contribution in [3.8, 4) is 6.07 Å². The summed E-state index contributed by atoms with van der Waals surface area (Å²) in [5, 5.41) is 27.2. The molecule has 0 saturated heterocycles. The summed E-state index contributed by atoms with van der Waals surface area (Å²) in [5.74, 6) is -2.02. The van der Waals surface area contributed by atoms with Gasteiger partial charge in [-0.1, -0.05) is 23.5 Å². The number of alkyl halides is 6. The fraction of sp³-hybridized carbons (Fsp3) is 0.429. The number of hydrogen-bond acceptors (Lipinski definition) is 6. The maximum absolute atomic E-state index is 13.2. The smallest absolute Gasteiger partial charge is 0.431 e. The fourth-order valence-corrected chi connectivity index (χ4v) is 3.85. The lowest BCUT2D eigenvalue weighted by molar-refractivity contribution is -0.375. The Bertz CT molecular complexity index is 1110. The summed E-state index contributed by atoms with van der Waals surface area (Å²) in [6.07, 6.45) is -12.6. The van der Waals surface area contributed by atoms with Crippen molar-refractivity contribution < 1.29 is 46.1 Å². The molecule has 0 aliphatic rings. The second-order valence-electron chi connectivity index (χ2n) is 8.19. The van der Waals surface area contributed by atoms with Gasteiger partial charge >= 0.3 is 18.3 Å². The van der Waals surface area contributed by atoms with E-state index < -0.39 is 51.7 Å². The maximum atomic E-state index is 13.2. The van der Waals surface area contributed by atoms with Crippen LogP contribution >= 0.6 is 11.3 Å². The lowest BCUT2D eigenvalue weighted by Gasteiger charge is -2.31. The highest BCUT2D eigenvalue weighted by Crippen LogP contribution is 2.52. The Kier molecular flexibility index (Phi) is 7.88. The van der Waals surface area contributed by atoms with E-state index in [0.29, 0.717) is 5.56 Å². The number of rotatable bonds is 8. The van der Waals surface area contributed by atoms with Crippen LogP contribution in [-0.2, 0) is 21.7 Å². The molecule has 1 heterocycles. The first kappa shape index (κ1) is 28.1. The highest BCUT2D eigenvalue weighted by atomic mass is 32.1. The van der Waals surface area contributed by atoms with Crippen LogP contribution in [0.15, 0.2) is 30.5 Å². The number of carboxylic acid groups (broad SMARTS) is 1. The molecular weight excluding hydrogens is 504 g/mol. The number of hydrogen-bond donors (Lipinski definition) is 2. The Hall–Kier alpha value is -3.18. The zero-order chi connectivity index (χ0) is 26.8. The second-order valence-corrected chi connectivity index (χ2v) is 9.20. The molecule has 0 fully saturated rings. The van der Waals surface area contributed by atoms with E-state index in [1.165, 1.54) is 38.1 Å². The summed E-state index contributed by atoms with van der Waals surface area (Å²) in [6, 6.07) is 7.51. The molecule has 35 heavy (non-hydrogen) atoms. The number of amides is 1. The summed E-state index contributed by atoms with van der Waals surface area (Å²) in [5.41, 5.74) is -5.90. The minimum Gasteiger partial charge on any atom is -0.481 e. The summed E-state index contributed by atoms with van der Waals surface area (Å²) in [4.78, 5) is 27.0. The molecule has 190 valence electrons. The van der Waals surface area contributed by atoms with Crippen molar-refractivity contribution in [1.82, 2.24) is 4.98 Å². The standard InChI is InChI=1S/C21H19F6N3O4S/c1-18(2,16(32)33)8-7-15(31)30(11-13-5-3-12(9-28)4-6-13)17-29-10-14(35-17)19(34,20(22,23)24)21(25,26)27/h3-6,10,34H,7-8,11H2,1-2H3,(H,32,33). The highest BCUT2D eigenvalue weighted by molar-refractivity contribution is 7.15. The van der Waals surface area contributed by atoms with Gasteiger partial charge in [-0.05, 0) is 38.0 Å². The minimum absolute atomic E-state index is 0.168. The number of nitriles is 1. The number of anilines is 1. The molecule has 0 bridgehead atoms. The van der Waals surface area contributed by atoms with E-state index >= 15 is 0 Å². The predicted molar refractivity (Wildman–Crippen MR) is 111 cm³/mol. The molecule has 1 aromatic carbocycles. The van der Waals surface area contributed by atoms with E-state index in [9.17, 15) is 46.1 Å². The van der Waals surface area contributed by atoms with Gasteiger partial charge in [0.1, 0.15) is 0 Å². The predicted octanol–water partition coefficient (Wildman–Crippen LogP) is 4.75. The molecule has 0 spiro atoms. The number of halogens is 6. The SMILES string of the molecule is CC(C)(CCC(=O)N(Cc1ccc(C#N)cc1)c1ncc(C(O)(C(F)(F)F)C(F)(F)F)s1)C(=O)O. The molecule has 2 aromatic rings. The van der Waals surface area contributed by atoms with E-state index in [1.54, 1.807) is 0 Å². The molecule has 0 saturated carbocycles. The fourth-order valence-electron chi connectivity index (χ4n) is 2.79. The van der Waals surface area contributed by atoms with Crippen LogP contribution in [0.5, 0.6) is 0 Å². The number of aliphatic carboxylic acids is 1. The number of nitrogens with zero attached hydrogens (tertiary/aromatic N) is 3. The van der Waals surface area contributed by atoms with Crippen molar-refractivity contribution in [2.45, 2.75) is 51.2 Å². The number of carbonyl (C=O) groups is 2. The largest absolute Gasteiger partial charge is 0.481 e. The van der Waals surface area contributed by atoms with Crippen molar-refractivity contribution in [2.24, 2.45) is 5.41 Å². The molecule has 2 N–H and O–H groups in total. The third-order valence-corrected chi connectivity index (χ3v) is 6.30. The lowest BCUT2D eigenvalue weighted by atomic mass is 9.88. The van der Waals surface area contributed by atoms with Gasteiger partial charge in [0.2, 0.25) is 5.91 Å². The third-order valence-electron chi connectivity index (χ3n) is 5.17. The number of aromatic nitrogens is 1. The van der Waals surface area contributed by atoms with Gasteiger partial charge in [0.05, 0.1) is 28.5 Å². The first-order valence-corrected chi connectivity index (χ1v) is 10.6. The van der Waals surface area contributed by atoms with Gasteiger partial charge in [-0.3, -0.25) is 14.5 Å². The van der Waals surface area contributed by atoms with Gasteiger partial charge in [0.25, 0.3) is 5.60 Å². The Morgan fingerprint density at radius 1 is 1.09 bits per heavy atom. The van der Waals surface area contributed by atoms with Crippen LogP contribution in [0.3, 0.4) is 0 Å². The van der Waals surface area contributed by atoms with Crippen LogP contribution in [0, 0.1) is 16.7 Å². The number of carboxylic acids is 1. The summed E-state index contributed by atoms with van der Waals surface area (Å²) < 4.78 is 79.5. The summed E-state index contributed by atoms with van der Waals surface area (Å²) >= 11 is -0.168. The van der Waals surface area contributed by atoms with Crippen molar-refractivity contribution in [2.75, 3.05) is 4.90 Å². The molecule has 7 nitrogen and oxygen atoms in total. The van der Waals surface area contributed by atoms with Crippen molar-refractivity contribution in [1.29, 1.82) is 5.26 Å². The number of thiazole rings is 1. The molecule has 0 aliphatic carbocycles. The number of benzene rings is 1. The molecule has 2 rings (SSSR count). The maximum Gasteiger partial charge on any atom is 0.431 e. The average molecular weight is 523 g/mol. The second kappa shape index (κ2) is 9.82. The number of aliphatic hydroxyl groups is 1. The van der Waals surface area contributed by atoms with Gasteiger partial charge < -0.3 is 10.2 Å². The first-order valence-electron chi connectivity index (χ1n) is 9.79. The van der Waals surface area contributed by atoms with E-state index in [-0.39, 0.29) is 36.1 Å². The third kappa shape index (κ3) is 5.91. The average Bonchev–Trinajstić information content (AvgIpc) is 3.24. The topological polar surface area (TPSA) is 115 Å². The normalized spacial score (nSPS) is 12.8. The minimum atomic E-state index is -6.12. The lowest BCUT2D eigenvalue weighted by Crippen LogP contribution is -2.53. The van der Waals surface area contributed by atoms with Crippen molar-refractivity contribution in [3.05, 3.63) is 46.5 Å². The van der Waals surface area contributed by atoms with E-state index in [1.807, 2.05) is 6.07 Å². The van der Waals surface area contributed by atoms with Crippen LogP contribution in [-0.4, -0.2) is 39.4 Å². The van der Waals surface area contributed by atoms with Gasteiger partial charge in [-0.2, -0.15) is 31.6 Å². The monoisotopic (exact) mass is 523 g/mol. The highest BCUT2D eigenvalue weighted by Gasteiger charge is 2.72. The van der Waals surface area contributed by atoms with E-state index in [2.05, 4.69) is 4.98 Å². The summed E-state index contributed by atoms with van der Waals surface area (Å²) in [6.45, 7) is 2.35. The Morgan fingerprint density at radius 3 is 2.09 bits per heavy atom. The van der Waals surface area contributed by atoms with Crippen LogP contribution in [0.1, 0.15) is 42.7 Å². The Labute approximate surface area is 199 Å². The molecule has 0 aliphatic heterocycles. The van der Waals surface area contributed by atoms with Crippen LogP contribution in [0.4, 0.5) is 31.5 Å². The van der Waals surface area contributed by atoms with Crippen LogP contribution in [0.25, 0.3) is 0 Å². The van der Waals surface area contributed by atoms with Gasteiger partial charge in [0.15, 0.2) is 5.13 Å². The molecule has 0 atom stereocenters.